The lowest BCUT2D eigenvalue weighted by Crippen LogP contribution is -2.55. The monoisotopic (exact) mass is 228 g/mol. The molecular formula is C11H16O5. The van der Waals surface area contributed by atoms with E-state index in [9.17, 15) is 9.59 Å². The summed E-state index contributed by atoms with van der Waals surface area (Å²) in [7, 11) is 1.29. The average Bonchev–Trinajstić information content (AvgIpc) is 2.86. The second-order valence-electron chi connectivity index (χ2n) is 4.74. The third kappa shape index (κ3) is 1.27. The molecule has 5 nitrogen and oxygen atoms in total. The first-order valence-corrected chi connectivity index (χ1v) is 5.36. The topological polar surface area (TPSA) is 65.1 Å². The van der Waals surface area contributed by atoms with Crippen molar-refractivity contribution in [2.24, 2.45) is 5.92 Å². The van der Waals surface area contributed by atoms with Crippen LogP contribution in [0.1, 0.15) is 27.2 Å². The fourth-order valence-electron chi connectivity index (χ4n) is 2.27. The third-order valence-corrected chi connectivity index (χ3v) is 3.78. The lowest BCUT2D eigenvalue weighted by Gasteiger charge is -2.38. The average molecular weight is 228 g/mol. The molecule has 0 amide bonds. The zero-order valence-electron chi connectivity index (χ0n) is 9.90. The molecule has 0 N–H and O–H groups in total. The first-order chi connectivity index (χ1) is 7.36. The minimum absolute atomic E-state index is 0.121. The van der Waals surface area contributed by atoms with Gasteiger partial charge in [-0.1, -0.05) is 6.92 Å². The summed E-state index contributed by atoms with van der Waals surface area (Å²) in [6.45, 7) is 5.27. The van der Waals surface area contributed by atoms with Gasteiger partial charge in [-0.2, -0.15) is 0 Å². The van der Waals surface area contributed by atoms with Crippen LogP contribution >= 0.6 is 0 Å². The number of epoxide rings is 1. The Morgan fingerprint density at radius 2 is 2.06 bits per heavy atom. The van der Waals surface area contributed by atoms with Gasteiger partial charge >= 0.3 is 11.9 Å². The van der Waals surface area contributed by atoms with Gasteiger partial charge in [0.25, 0.3) is 0 Å². The number of carbonyl (C=O) groups excluding carboxylic acids is 2. The molecule has 2 rings (SSSR count). The first-order valence-electron chi connectivity index (χ1n) is 5.36. The maximum Gasteiger partial charge on any atom is 0.350 e. The molecule has 2 aliphatic heterocycles. The normalized spacial score (nSPS) is 46.4. The first kappa shape index (κ1) is 11.4. The molecule has 0 saturated carbocycles. The SMILES string of the molecule is COC(=O)C1(C)OC(=O)C2(CC1C)OC2C. The zero-order valence-corrected chi connectivity index (χ0v) is 9.90. The van der Waals surface area contributed by atoms with E-state index in [0.29, 0.717) is 6.42 Å². The van der Waals surface area contributed by atoms with E-state index in [1.807, 2.05) is 13.8 Å². The lowest BCUT2D eigenvalue weighted by atomic mass is 9.79. The Morgan fingerprint density at radius 1 is 1.50 bits per heavy atom. The molecule has 16 heavy (non-hydrogen) atoms. The van der Waals surface area contributed by atoms with Crippen LogP contribution in [0.15, 0.2) is 0 Å². The minimum Gasteiger partial charge on any atom is -0.466 e. The summed E-state index contributed by atoms with van der Waals surface area (Å²) in [5, 5.41) is 0. The van der Waals surface area contributed by atoms with Crippen molar-refractivity contribution in [2.45, 2.75) is 44.5 Å². The highest BCUT2D eigenvalue weighted by atomic mass is 16.7. The van der Waals surface area contributed by atoms with Gasteiger partial charge < -0.3 is 14.2 Å². The number of hydrogen-bond donors (Lipinski definition) is 0. The molecule has 5 heteroatoms. The van der Waals surface area contributed by atoms with Crippen molar-refractivity contribution in [3.8, 4) is 0 Å². The molecule has 2 heterocycles. The molecule has 2 aliphatic rings. The van der Waals surface area contributed by atoms with Crippen LogP contribution in [0.3, 0.4) is 0 Å². The van der Waals surface area contributed by atoms with Crippen LogP contribution in [-0.2, 0) is 23.8 Å². The summed E-state index contributed by atoms with van der Waals surface area (Å²) in [4.78, 5) is 23.4. The van der Waals surface area contributed by atoms with E-state index in [2.05, 4.69) is 4.74 Å². The van der Waals surface area contributed by atoms with Crippen LogP contribution < -0.4 is 0 Å². The van der Waals surface area contributed by atoms with Crippen molar-refractivity contribution < 1.29 is 23.8 Å². The molecule has 0 aromatic rings. The Hall–Kier alpha value is -1.10. The van der Waals surface area contributed by atoms with Crippen LogP contribution in [0.2, 0.25) is 0 Å². The third-order valence-electron chi connectivity index (χ3n) is 3.78. The summed E-state index contributed by atoms with van der Waals surface area (Å²) >= 11 is 0. The van der Waals surface area contributed by atoms with Crippen molar-refractivity contribution >= 4 is 11.9 Å². The molecular weight excluding hydrogens is 212 g/mol. The Balaban J connectivity index is 2.22. The maximum atomic E-state index is 11.8. The predicted octanol–water partition coefficient (Wildman–Crippen LogP) is 0.659. The molecule has 90 valence electrons. The number of carbonyl (C=O) groups is 2. The van der Waals surface area contributed by atoms with E-state index in [1.165, 1.54) is 7.11 Å². The van der Waals surface area contributed by atoms with E-state index in [4.69, 9.17) is 9.47 Å². The molecule has 4 unspecified atom stereocenters. The van der Waals surface area contributed by atoms with Crippen molar-refractivity contribution in [3.05, 3.63) is 0 Å². The van der Waals surface area contributed by atoms with E-state index >= 15 is 0 Å². The zero-order chi connectivity index (χ0) is 12.1. The van der Waals surface area contributed by atoms with Gasteiger partial charge in [0.2, 0.25) is 5.60 Å². The lowest BCUT2D eigenvalue weighted by molar-refractivity contribution is -0.198. The van der Waals surface area contributed by atoms with Gasteiger partial charge in [-0.25, -0.2) is 9.59 Å². The van der Waals surface area contributed by atoms with Crippen LogP contribution in [0.25, 0.3) is 0 Å². The molecule has 2 fully saturated rings. The summed E-state index contributed by atoms with van der Waals surface area (Å²) < 4.78 is 15.2. The fourth-order valence-corrected chi connectivity index (χ4v) is 2.27. The number of hydrogen-bond acceptors (Lipinski definition) is 5. The van der Waals surface area contributed by atoms with Crippen molar-refractivity contribution in [3.63, 3.8) is 0 Å². The molecule has 0 aromatic heterocycles. The smallest absolute Gasteiger partial charge is 0.350 e. The number of rotatable bonds is 1. The molecule has 0 aromatic carbocycles. The summed E-state index contributed by atoms with van der Waals surface area (Å²) in [6, 6.07) is 0. The molecule has 0 aliphatic carbocycles. The molecule has 2 saturated heterocycles. The summed E-state index contributed by atoms with van der Waals surface area (Å²) in [6.07, 6.45) is 0.378. The van der Waals surface area contributed by atoms with Gasteiger partial charge in [-0.15, -0.1) is 0 Å². The highest BCUT2D eigenvalue weighted by molar-refractivity contribution is 5.90. The van der Waals surface area contributed by atoms with Gasteiger partial charge in [0, 0.05) is 5.92 Å². The van der Waals surface area contributed by atoms with Crippen LogP contribution in [0, 0.1) is 5.92 Å². The molecule has 1 spiro atoms. The Bertz CT molecular complexity index is 352. The van der Waals surface area contributed by atoms with E-state index < -0.39 is 23.1 Å². The Morgan fingerprint density at radius 3 is 2.50 bits per heavy atom. The van der Waals surface area contributed by atoms with Gasteiger partial charge in [-0.05, 0) is 20.3 Å². The van der Waals surface area contributed by atoms with Crippen molar-refractivity contribution in [2.75, 3.05) is 7.11 Å². The second-order valence-corrected chi connectivity index (χ2v) is 4.74. The number of methoxy groups -OCH3 is 1. The highest BCUT2D eigenvalue weighted by Crippen LogP contribution is 2.49. The van der Waals surface area contributed by atoms with Gasteiger partial charge in [0.05, 0.1) is 13.2 Å². The van der Waals surface area contributed by atoms with Crippen molar-refractivity contribution in [1.82, 2.24) is 0 Å². The van der Waals surface area contributed by atoms with Crippen LogP contribution in [-0.4, -0.2) is 36.4 Å². The standard InChI is InChI=1S/C11H16O5/c1-6-5-11(7(2)15-11)9(13)16-10(6,3)8(12)14-4/h6-7H,5H2,1-4H3. The van der Waals surface area contributed by atoms with E-state index in [1.54, 1.807) is 6.92 Å². The largest absolute Gasteiger partial charge is 0.466 e. The number of esters is 2. The van der Waals surface area contributed by atoms with Gasteiger partial charge in [0.1, 0.15) is 0 Å². The minimum atomic E-state index is -1.19. The molecule has 0 bridgehead atoms. The molecule has 0 radical (unpaired) electrons. The summed E-state index contributed by atoms with van der Waals surface area (Å²) in [5.74, 6) is -1.09. The number of ether oxygens (including phenoxy) is 3. The van der Waals surface area contributed by atoms with Crippen LogP contribution in [0.5, 0.6) is 0 Å². The van der Waals surface area contributed by atoms with E-state index in [0.717, 1.165) is 0 Å². The Labute approximate surface area is 94.0 Å². The fraction of sp³-hybridized carbons (Fsp3) is 0.818. The summed E-state index contributed by atoms with van der Waals surface area (Å²) in [5.41, 5.74) is -2.00. The van der Waals surface area contributed by atoms with Crippen LogP contribution in [0.4, 0.5) is 0 Å². The van der Waals surface area contributed by atoms with Gasteiger partial charge in [0.15, 0.2) is 5.60 Å². The maximum absolute atomic E-state index is 11.8. The quantitative estimate of drug-likeness (QED) is 0.487. The second kappa shape index (κ2) is 3.20. The highest BCUT2D eigenvalue weighted by Gasteiger charge is 2.68. The van der Waals surface area contributed by atoms with E-state index in [-0.39, 0.29) is 12.0 Å². The predicted molar refractivity (Wildman–Crippen MR) is 53.6 cm³/mol. The van der Waals surface area contributed by atoms with Gasteiger partial charge in [-0.3, -0.25) is 0 Å². The van der Waals surface area contributed by atoms with Crippen molar-refractivity contribution in [1.29, 1.82) is 0 Å². The Kier molecular flexibility index (Phi) is 2.28. The number of cyclic esters (lactones) is 1. The molecule has 4 atom stereocenters.